The summed E-state index contributed by atoms with van der Waals surface area (Å²) in [4.78, 5) is 0. The Morgan fingerprint density at radius 2 is 1.86 bits per heavy atom. The fourth-order valence-corrected chi connectivity index (χ4v) is 2.17. The number of aliphatic hydroxyl groups excluding tert-OH is 1. The molecule has 0 bridgehead atoms. The molecule has 2 nitrogen and oxygen atoms in total. The van der Waals surface area contributed by atoms with E-state index in [1.807, 2.05) is 0 Å². The van der Waals surface area contributed by atoms with Gasteiger partial charge in [-0.2, -0.15) is 0 Å². The van der Waals surface area contributed by atoms with Gasteiger partial charge in [-0.3, -0.25) is 0 Å². The number of hydrogen-bond acceptors (Lipinski definition) is 2. The molecule has 0 aliphatic rings. The Bertz CT molecular complexity index is 289. The van der Waals surface area contributed by atoms with Crippen LogP contribution >= 0.6 is 15.9 Å². The molecule has 78 valence electrons. The van der Waals surface area contributed by atoms with Crippen molar-refractivity contribution in [2.45, 2.75) is 20.3 Å². The van der Waals surface area contributed by atoms with Crippen molar-refractivity contribution in [2.75, 3.05) is 18.5 Å². The third kappa shape index (κ3) is 3.00. The molecule has 1 aromatic carbocycles. The number of benzene rings is 1. The van der Waals surface area contributed by atoms with Gasteiger partial charge in [-0.05, 0) is 43.5 Å². The molecule has 0 aliphatic carbocycles. The van der Waals surface area contributed by atoms with Crippen molar-refractivity contribution in [3.05, 3.63) is 27.7 Å². The molecular weight excluding hydrogens is 242 g/mol. The largest absolute Gasteiger partial charge is 0.396 e. The Balaban J connectivity index is 2.75. The summed E-state index contributed by atoms with van der Waals surface area (Å²) in [6, 6.07) is 4.18. The number of aliphatic hydroxyl groups is 1. The van der Waals surface area contributed by atoms with E-state index in [0.717, 1.165) is 17.4 Å². The van der Waals surface area contributed by atoms with Crippen LogP contribution in [-0.2, 0) is 0 Å². The molecule has 0 saturated heterocycles. The minimum atomic E-state index is 0.238. The van der Waals surface area contributed by atoms with E-state index in [1.165, 1.54) is 16.8 Å². The summed E-state index contributed by atoms with van der Waals surface area (Å²) in [6.45, 7) is 5.22. The molecule has 0 atom stereocenters. The second-order valence-electron chi connectivity index (χ2n) is 3.42. The number of anilines is 1. The minimum absolute atomic E-state index is 0.238. The van der Waals surface area contributed by atoms with Crippen LogP contribution in [0.5, 0.6) is 0 Å². The molecular formula is C11H16BrNO. The zero-order chi connectivity index (χ0) is 10.6. The van der Waals surface area contributed by atoms with Gasteiger partial charge in [0, 0.05) is 23.3 Å². The first-order valence-corrected chi connectivity index (χ1v) is 5.56. The summed E-state index contributed by atoms with van der Waals surface area (Å²) in [5.74, 6) is 0. The lowest BCUT2D eigenvalue weighted by Gasteiger charge is -2.12. The number of rotatable bonds is 4. The van der Waals surface area contributed by atoms with Crippen molar-refractivity contribution in [1.82, 2.24) is 0 Å². The van der Waals surface area contributed by atoms with E-state index >= 15 is 0 Å². The van der Waals surface area contributed by atoms with E-state index in [2.05, 4.69) is 47.2 Å². The Morgan fingerprint density at radius 3 is 2.36 bits per heavy atom. The van der Waals surface area contributed by atoms with Gasteiger partial charge in [-0.1, -0.05) is 15.9 Å². The zero-order valence-electron chi connectivity index (χ0n) is 8.60. The first-order valence-electron chi connectivity index (χ1n) is 4.76. The first kappa shape index (κ1) is 11.5. The van der Waals surface area contributed by atoms with Gasteiger partial charge in [0.15, 0.2) is 0 Å². The van der Waals surface area contributed by atoms with Crippen LogP contribution in [0.4, 0.5) is 5.69 Å². The maximum Gasteiger partial charge on any atom is 0.0447 e. The maximum absolute atomic E-state index is 8.68. The van der Waals surface area contributed by atoms with Crippen molar-refractivity contribution < 1.29 is 5.11 Å². The van der Waals surface area contributed by atoms with Crippen molar-refractivity contribution in [2.24, 2.45) is 0 Å². The van der Waals surface area contributed by atoms with Gasteiger partial charge >= 0.3 is 0 Å². The molecule has 0 spiro atoms. The van der Waals surface area contributed by atoms with E-state index in [9.17, 15) is 0 Å². The molecule has 2 N–H and O–H groups in total. The Labute approximate surface area is 93.5 Å². The number of aryl methyl sites for hydroxylation is 2. The fraction of sp³-hybridized carbons (Fsp3) is 0.455. The monoisotopic (exact) mass is 257 g/mol. The normalized spacial score (nSPS) is 10.3. The van der Waals surface area contributed by atoms with Crippen molar-refractivity contribution >= 4 is 21.6 Å². The van der Waals surface area contributed by atoms with E-state index in [1.54, 1.807) is 0 Å². The molecule has 0 aliphatic heterocycles. The molecule has 3 heteroatoms. The van der Waals surface area contributed by atoms with Gasteiger partial charge in [-0.15, -0.1) is 0 Å². The van der Waals surface area contributed by atoms with Crippen LogP contribution in [0.3, 0.4) is 0 Å². The van der Waals surface area contributed by atoms with E-state index in [0.29, 0.717) is 0 Å². The van der Waals surface area contributed by atoms with Crippen LogP contribution in [0.15, 0.2) is 16.6 Å². The summed E-state index contributed by atoms with van der Waals surface area (Å²) in [6.07, 6.45) is 0.787. The van der Waals surface area contributed by atoms with Gasteiger partial charge in [0.1, 0.15) is 0 Å². The summed E-state index contributed by atoms with van der Waals surface area (Å²) >= 11 is 3.46. The molecule has 1 aromatic rings. The summed E-state index contributed by atoms with van der Waals surface area (Å²) in [5, 5.41) is 12.0. The third-order valence-electron chi connectivity index (χ3n) is 2.13. The minimum Gasteiger partial charge on any atom is -0.396 e. The van der Waals surface area contributed by atoms with Crippen LogP contribution in [0.25, 0.3) is 0 Å². The maximum atomic E-state index is 8.68. The highest BCUT2D eigenvalue weighted by Gasteiger charge is 2.02. The van der Waals surface area contributed by atoms with Gasteiger partial charge < -0.3 is 10.4 Å². The van der Waals surface area contributed by atoms with E-state index in [4.69, 9.17) is 5.11 Å². The van der Waals surface area contributed by atoms with Crippen LogP contribution < -0.4 is 5.32 Å². The lowest BCUT2D eigenvalue weighted by Crippen LogP contribution is -2.06. The van der Waals surface area contributed by atoms with Crippen LogP contribution in [0.2, 0.25) is 0 Å². The Hall–Kier alpha value is -0.540. The van der Waals surface area contributed by atoms with Gasteiger partial charge in [-0.25, -0.2) is 0 Å². The van der Waals surface area contributed by atoms with Gasteiger partial charge in [0.2, 0.25) is 0 Å². The SMILES string of the molecule is Cc1cc(Br)cc(C)c1NCCCO. The van der Waals surface area contributed by atoms with E-state index in [-0.39, 0.29) is 6.61 Å². The molecule has 0 aromatic heterocycles. The highest BCUT2D eigenvalue weighted by atomic mass is 79.9. The standard InChI is InChI=1S/C11H16BrNO/c1-8-6-10(12)7-9(2)11(8)13-4-3-5-14/h6-7,13-14H,3-5H2,1-2H3. The molecule has 0 fully saturated rings. The number of halogens is 1. The molecule has 1 rings (SSSR count). The predicted octanol–water partition coefficient (Wildman–Crippen LogP) is 2.86. The van der Waals surface area contributed by atoms with E-state index < -0.39 is 0 Å². The Morgan fingerprint density at radius 1 is 1.29 bits per heavy atom. The zero-order valence-corrected chi connectivity index (χ0v) is 10.2. The first-order chi connectivity index (χ1) is 6.65. The lowest BCUT2D eigenvalue weighted by atomic mass is 10.1. The molecule has 0 heterocycles. The lowest BCUT2D eigenvalue weighted by molar-refractivity contribution is 0.292. The predicted molar refractivity (Wildman–Crippen MR) is 63.8 cm³/mol. The number of nitrogens with one attached hydrogen (secondary N) is 1. The quantitative estimate of drug-likeness (QED) is 0.814. The van der Waals surface area contributed by atoms with Crippen LogP contribution in [0.1, 0.15) is 17.5 Å². The third-order valence-corrected chi connectivity index (χ3v) is 2.59. The second-order valence-corrected chi connectivity index (χ2v) is 4.33. The molecule has 0 unspecified atom stereocenters. The summed E-state index contributed by atoms with van der Waals surface area (Å²) in [5.41, 5.74) is 3.64. The van der Waals surface area contributed by atoms with Crippen molar-refractivity contribution in [1.29, 1.82) is 0 Å². The molecule has 0 radical (unpaired) electrons. The summed E-state index contributed by atoms with van der Waals surface area (Å²) in [7, 11) is 0. The number of hydrogen-bond donors (Lipinski definition) is 2. The highest BCUT2D eigenvalue weighted by Crippen LogP contribution is 2.24. The van der Waals surface area contributed by atoms with Gasteiger partial charge in [0.05, 0.1) is 0 Å². The van der Waals surface area contributed by atoms with Gasteiger partial charge in [0.25, 0.3) is 0 Å². The fourth-order valence-electron chi connectivity index (χ4n) is 1.48. The molecule has 14 heavy (non-hydrogen) atoms. The smallest absolute Gasteiger partial charge is 0.0447 e. The average molecular weight is 258 g/mol. The molecule has 0 amide bonds. The average Bonchev–Trinajstić information content (AvgIpc) is 2.09. The van der Waals surface area contributed by atoms with Crippen molar-refractivity contribution in [3.63, 3.8) is 0 Å². The highest BCUT2D eigenvalue weighted by molar-refractivity contribution is 9.10. The molecule has 0 saturated carbocycles. The second kappa shape index (κ2) is 5.37. The van der Waals surface area contributed by atoms with Crippen molar-refractivity contribution in [3.8, 4) is 0 Å². The topological polar surface area (TPSA) is 32.3 Å². The Kier molecular flexibility index (Phi) is 4.42. The summed E-state index contributed by atoms with van der Waals surface area (Å²) < 4.78 is 1.11. The van der Waals surface area contributed by atoms with Crippen LogP contribution in [-0.4, -0.2) is 18.3 Å². The van der Waals surface area contributed by atoms with Crippen LogP contribution in [0, 0.1) is 13.8 Å².